The molecule has 0 unspecified atom stereocenters. The molecule has 0 fully saturated rings. The number of hydrogen-bond acceptors (Lipinski definition) is 2. The average Bonchev–Trinajstić information content (AvgIpc) is 0.754. The van der Waals surface area contributed by atoms with Gasteiger partial charge in [-0.25, -0.2) is 0 Å². The first-order valence-corrected chi connectivity index (χ1v) is 51.6. The second-order valence-corrected chi connectivity index (χ2v) is 31.5. The predicted molar refractivity (Wildman–Crippen MR) is 637 cm³/mol. The largest absolute Gasteiger partial charge is 0.261 e. The van der Waals surface area contributed by atoms with Crippen LogP contribution in [0.3, 0.4) is 0 Å². The maximum absolute atomic E-state index is 4.08. The number of hydrogen-bond donors (Lipinski definition) is 0. The van der Waals surface area contributed by atoms with Crippen molar-refractivity contribution in [2.24, 2.45) is 0 Å². The Labute approximate surface area is 843 Å². The highest BCUT2D eigenvalue weighted by Crippen LogP contribution is 2.33. The van der Waals surface area contributed by atoms with Crippen LogP contribution in [0.1, 0.15) is 264 Å². The molecule has 0 bridgehead atoms. The summed E-state index contributed by atoms with van der Waals surface area (Å²) in [6, 6.07) is 117. The molecule has 2 nitrogen and oxygen atoms in total. The van der Waals surface area contributed by atoms with E-state index in [1.165, 1.54) is 197 Å². The Morgan fingerprint density at radius 3 is 0.565 bits per heavy atom. The van der Waals surface area contributed by atoms with Crippen LogP contribution in [0.5, 0.6) is 0 Å². The van der Waals surface area contributed by atoms with E-state index < -0.39 is 0 Å². The fraction of sp³-hybridized carbons (Fsp3) is 0.309. The molecular weight excluding hydrogens is 1660 g/mol. The van der Waals surface area contributed by atoms with Gasteiger partial charge in [0.05, 0.1) is 0 Å². The van der Waals surface area contributed by atoms with Crippen LogP contribution in [-0.2, 0) is 0 Å². The summed E-state index contributed by atoms with van der Waals surface area (Å²) < 4.78 is 0. The fourth-order valence-corrected chi connectivity index (χ4v) is 14.3. The van der Waals surface area contributed by atoms with Crippen molar-refractivity contribution < 1.29 is 0 Å². The van der Waals surface area contributed by atoms with Crippen LogP contribution in [0.4, 0.5) is 0 Å². The van der Waals surface area contributed by atoms with Gasteiger partial charge in [0.2, 0.25) is 0 Å². The van der Waals surface area contributed by atoms with Gasteiger partial charge in [-0.05, 0) is 304 Å². The molecular formula is C136H182N2. The van der Waals surface area contributed by atoms with Crippen molar-refractivity contribution in [3.05, 3.63) is 452 Å². The molecule has 0 amide bonds. The van der Waals surface area contributed by atoms with E-state index in [2.05, 4.69) is 436 Å². The molecule has 0 saturated carbocycles. The SMILES string of the molecule is CC.CC.CC.CC.CC.CC.CC.CC.CC.CC.CC.Cc1c2ccccc2c(C)c2ccccc12.Cc1ccc(C)c2ccccc12.Cc1ccc(C)cc1.Cc1ccc(C)nc1.Cc1ccc(C)nc1.Cc1ccc2c(ccc3cc(C)ccc32)c1.Cc1ccc2cc(C)ccc2c1.Cc1ccc2cc3cc(C)ccc3cc2c1.Cc1cccc(C)c1.Cc1cccc2c(C)cccc12. The Morgan fingerprint density at radius 1 is 0.123 bits per heavy atom. The third-order valence-electron chi connectivity index (χ3n) is 21.1. The first kappa shape index (κ1) is 127. The van der Waals surface area contributed by atoms with Gasteiger partial charge in [-0.3, -0.25) is 9.97 Å². The molecule has 2 heterocycles. The molecule has 2 heteroatoms. The first-order chi connectivity index (χ1) is 66.7. The highest BCUT2D eigenvalue weighted by molar-refractivity contribution is 6.08. The van der Waals surface area contributed by atoms with Crippen molar-refractivity contribution in [3.63, 3.8) is 0 Å². The van der Waals surface area contributed by atoms with Crippen molar-refractivity contribution in [2.45, 2.75) is 291 Å². The van der Waals surface area contributed by atoms with Crippen LogP contribution < -0.4 is 0 Å². The molecule has 0 aliphatic rings. The van der Waals surface area contributed by atoms with E-state index in [1.54, 1.807) is 0 Å². The number of rotatable bonds is 0. The zero-order valence-corrected chi connectivity index (χ0v) is 94.2. The highest BCUT2D eigenvalue weighted by Gasteiger charge is 2.08. The highest BCUT2D eigenvalue weighted by atomic mass is 14.7. The summed E-state index contributed by atoms with van der Waals surface area (Å²) in [5, 5.41) is 24.3. The first-order valence-electron chi connectivity index (χ1n) is 51.6. The summed E-state index contributed by atoms with van der Waals surface area (Å²) >= 11 is 0. The smallest absolute Gasteiger partial charge is 0.0372 e. The minimum atomic E-state index is 1.08. The molecule has 2 aromatic heterocycles. The minimum Gasteiger partial charge on any atom is -0.261 e. The van der Waals surface area contributed by atoms with Gasteiger partial charge in [0.1, 0.15) is 0 Å². The molecule has 736 valence electrons. The van der Waals surface area contributed by atoms with Crippen LogP contribution in [0, 0.1) is 138 Å². The summed E-state index contributed by atoms with van der Waals surface area (Å²) in [5.74, 6) is 0. The monoisotopic (exact) mass is 1840 g/mol. The third kappa shape index (κ3) is 44.2. The van der Waals surface area contributed by atoms with Gasteiger partial charge in [-0.15, -0.1) is 0 Å². The van der Waals surface area contributed by atoms with Crippen LogP contribution >= 0.6 is 0 Å². The fourth-order valence-electron chi connectivity index (χ4n) is 14.3. The van der Waals surface area contributed by atoms with Gasteiger partial charge >= 0.3 is 0 Å². The van der Waals surface area contributed by atoms with E-state index in [9.17, 15) is 0 Å². The number of aromatic nitrogens is 2. The number of aryl methyl sites for hydroxylation is 20. The van der Waals surface area contributed by atoms with E-state index in [4.69, 9.17) is 0 Å². The van der Waals surface area contributed by atoms with E-state index >= 15 is 0 Å². The van der Waals surface area contributed by atoms with Crippen LogP contribution in [0.2, 0.25) is 0 Å². The molecule has 0 spiro atoms. The summed E-state index contributed by atoms with van der Waals surface area (Å²) in [6.07, 6.45) is 3.74. The van der Waals surface area contributed by atoms with Crippen LogP contribution in [0.25, 0.3) is 97.0 Å². The number of fused-ring (bicyclic) bond motifs is 10. The van der Waals surface area contributed by atoms with Crippen LogP contribution in [0.15, 0.2) is 340 Å². The summed E-state index contributed by atoms with van der Waals surface area (Å²) in [6.45, 7) is 86.3. The Morgan fingerprint density at radius 2 is 0.319 bits per heavy atom. The number of pyridine rings is 2. The second-order valence-electron chi connectivity index (χ2n) is 31.5. The number of benzene rings is 17. The normalized spacial score (nSPS) is 9.23. The van der Waals surface area contributed by atoms with E-state index in [1.807, 2.05) is 205 Å². The molecule has 0 aliphatic heterocycles. The van der Waals surface area contributed by atoms with Crippen molar-refractivity contribution in [2.75, 3.05) is 0 Å². The average molecular weight is 1840 g/mol. The Kier molecular flexibility index (Phi) is 68.8. The van der Waals surface area contributed by atoms with Gasteiger partial charge in [0.25, 0.3) is 0 Å². The lowest BCUT2D eigenvalue weighted by Crippen LogP contribution is -1.87. The van der Waals surface area contributed by atoms with Gasteiger partial charge in [-0.1, -0.05) is 511 Å². The molecule has 138 heavy (non-hydrogen) atoms. The van der Waals surface area contributed by atoms with Gasteiger partial charge in [-0.2, -0.15) is 0 Å². The third-order valence-corrected chi connectivity index (χ3v) is 21.1. The molecule has 0 aliphatic carbocycles. The standard InChI is InChI=1S/3C16H14.3C12H12.2C8H10.2C7H9N.11C2H6/c1-11-3-7-15-13(9-11)5-6-14-10-12(2)4-8-16(14)15;1-11-3-5-13-10-16-8-12(2)4-6-14(16)9-15(13)7-11;1-11-13-7-3-5-9-15(13)12(2)16-10-6-4-8-14(11)16;1-9-3-5-12-8-10(2)4-6-11(12)7-9;1-9-5-3-8-12-10(2)6-4-7-11(9)12;1-9-7-8-10(2)12-6-4-3-5-11(9)12;1-7-3-5-8(2)6-4-7;1-7-4-3-5-8(2)6-7;2*1-6-3-4-7(2)8-5-6;11*1-2/h3*3-10H,1-2H3;3*3-8H,1-2H3;2*3-6H,1-2H3;2*3-5H,1-2H3;11*1-2H3. The second kappa shape index (κ2) is 74.5. The topological polar surface area (TPSA) is 25.8 Å². The molecule has 0 radical (unpaired) electrons. The van der Waals surface area contributed by atoms with Gasteiger partial charge in [0.15, 0.2) is 0 Å². The maximum atomic E-state index is 4.08. The lowest BCUT2D eigenvalue weighted by molar-refractivity contribution is 1.17. The molecule has 0 saturated heterocycles. The van der Waals surface area contributed by atoms with Crippen LogP contribution in [-0.4, -0.2) is 9.97 Å². The van der Waals surface area contributed by atoms with Crippen molar-refractivity contribution >= 4 is 97.0 Å². The molecule has 0 N–H and O–H groups in total. The van der Waals surface area contributed by atoms with Gasteiger partial charge < -0.3 is 0 Å². The van der Waals surface area contributed by atoms with E-state index in [0.29, 0.717) is 0 Å². The predicted octanol–water partition coefficient (Wildman–Crippen LogP) is 43.5. The van der Waals surface area contributed by atoms with Crippen molar-refractivity contribution in [3.8, 4) is 0 Å². The Balaban J connectivity index is 0. The molecule has 17 aromatic carbocycles. The van der Waals surface area contributed by atoms with Crippen molar-refractivity contribution in [1.29, 1.82) is 0 Å². The summed E-state index contributed by atoms with van der Waals surface area (Å²) in [5.41, 5.74) is 26.1. The summed E-state index contributed by atoms with van der Waals surface area (Å²) in [7, 11) is 0. The molecule has 19 aromatic rings. The maximum Gasteiger partial charge on any atom is 0.0372 e. The zero-order chi connectivity index (χ0) is 105. The minimum absolute atomic E-state index is 1.08. The lowest BCUT2D eigenvalue weighted by Gasteiger charge is -2.11. The lowest BCUT2D eigenvalue weighted by atomic mass is 9.93. The quantitative estimate of drug-likeness (QED) is 0.112. The van der Waals surface area contributed by atoms with Gasteiger partial charge in [0, 0.05) is 23.8 Å². The summed E-state index contributed by atoms with van der Waals surface area (Å²) in [4.78, 5) is 8.16. The van der Waals surface area contributed by atoms with E-state index in [0.717, 1.165) is 11.4 Å². The Hall–Kier alpha value is -12.6. The zero-order valence-electron chi connectivity index (χ0n) is 94.2. The molecule has 0 atom stereocenters. The Bertz CT molecular complexity index is 5880. The molecule has 19 rings (SSSR count). The van der Waals surface area contributed by atoms with E-state index in [-0.39, 0.29) is 0 Å². The van der Waals surface area contributed by atoms with Crippen molar-refractivity contribution in [1.82, 2.24) is 9.97 Å². The number of nitrogens with zero attached hydrogens (tertiary/aromatic N) is 2.